The van der Waals surface area contributed by atoms with Crippen LogP contribution in [0, 0.1) is 0 Å². The van der Waals surface area contributed by atoms with Gasteiger partial charge in [0, 0.05) is 24.2 Å². The van der Waals surface area contributed by atoms with Crippen molar-refractivity contribution in [2.24, 2.45) is 0 Å². The number of halogens is 4. The Morgan fingerprint density at radius 3 is 2.48 bits per heavy atom. The molecular formula is C15H18ClF3N2O2. The predicted molar refractivity (Wildman–Crippen MR) is 80.6 cm³/mol. The Bertz CT molecular complexity index is 551. The molecule has 0 N–H and O–H groups in total. The zero-order valence-electron chi connectivity index (χ0n) is 12.8. The molecule has 2 unspecified atom stereocenters. The van der Waals surface area contributed by atoms with Crippen molar-refractivity contribution in [3.63, 3.8) is 0 Å². The van der Waals surface area contributed by atoms with Crippen molar-refractivity contribution < 1.29 is 22.7 Å². The zero-order valence-corrected chi connectivity index (χ0v) is 13.6. The lowest BCUT2D eigenvalue weighted by Gasteiger charge is -2.44. The van der Waals surface area contributed by atoms with Crippen LogP contribution in [0.2, 0.25) is 5.02 Å². The Hall–Kier alpha value is -1.47. The summed E-state index contributed by atoms with van der Waals surface area (Å²) in [4.78, 5) is 14.6. The molecule has 23 heavy (non-hydrogen) atoms. The van der Waals surface area contributed by atoms with E-state index in [0.717, 1.165) is 0 Å². The molecule has 0 spiro atoms. The van der Waals surface area contributed by atoms with Crippen molar-refractivity contribution in [2.45, 2.75) is 25.2 Å². The summed E-state index contributed by atoms with van der Waals surface area (Å²) in [5.41, 5.74) is 0. The zero-order chi connectivity index (χ0) is 17.2. The van der Waals surface area contributed by atoms with E-state index in [1.807, 2.05) is 0 Å². The number of nitrogens with zero attached hydrogens (tertiary/aromatic N) is 2. The van der Waals surface area contributed by atoms with E-state index in [-0.39, 0.29) is 25.7 Å². The molecule has 0 bridgehead atoms. The fraction of sp³-hybridized carbons (Fsp3) is 0.533. The first-order valence-electron chi connectivity index (χ1n) is 7.13. The van der Waals surface area contributed by atoms with Crippen molar-refractivity contribution >= 4 is 17.5 Å². The minimum absolute atomic E-state index is 0.242. The van der Waals surface area contributed by atoms with Gasteiger partial charge in [0.05, 0.1) is 0 Å². The number of alkyl halides is 3. The van der Waals surface area contributed by atoms with Crippen LogP contribution in [-0.2, 0) is 4.79 Å². The molecular weight excluding hydrogens is 333 g/mol. The maximum Gasteiger partial charge on any atom is 0.405 e. The van der Waals surface area contributed by atoms with Crippen LogP contribution >= 0.6 is 11.6 Å². The quantitative estimate of drug-likeness (QED) is 0.840. The average molecular weight is 351 g/mol. The first kappa shape index (κ1) is 17.9. The van der Waals surface area contributed by atoms with Crippen LogP contribution in [0.4, 0.5) is 13.2 Å². The molecule has 1 heterocycles. The summed E-state index contributed by atoms with van der Waals surface area (Å²) in [5.74, 6) is -0.0218. The second-order valence-corrected chi connectivity index (χ2v) is 6.05. The van der Waals surface area contributed by atoms with Crippen LogP contribution in [0.15, 0.2) is 24.3 Å². The van der Waals surface area contributed by atoms with Gasteiger partial charge in [0.1, 0.15) is 11.8 Å². The Morgan fingerprint density at radius 1 is 1.30 bits per heavy atom. The van der Waals surface area contributed by atoms with Gasteiger partial charge in [-0.1, -0.05) is 11.6 Å². The van der Waals surface area contributed by atoms with Crippen LogP contribution < -0.4 is 4.74 Å². The van der Waals surface area contributed by atoms with Crippen LogP contribution in [-0.4, -0.2) is 60.7 Å². The Morgan fingerprint density at radius 2 is 1.91 bits per heavy atom. The fourth-order valence-corrected chi connectivity index (χ4v) is 2.60. The van der Waals surface area contributed by atoms with Gasteiger partial charge < -0.3 is 9.64 Å². The summed E-state index contributed by atoms with van der Waals surface area (Å²) in [6, 6.07) is 4.37. The normalized spacial score (nSPS) is 23.0. The van der Waals surface area contributed by atoms with Gasteiger partial charge in [0.25, 0.3) is 5.91 Å². The molecule has 1 aromatic carbocycles. The Labute approximate surface area is 137 Å². The topological polar surface area (TPSA) is 32.8 Å². The molecule has 1 aromatic rings. The molecule has 1 aliphatic heterocycles. The molecule has 0 radical (unpaired) electrons. The van der Waals surface area contributed by atoms with Crippen LogP contribution in [0.1, 0.15) is 6.92 Å². The Kier molecular flexibility index (Phi) is 5.41. The molecule has 1 aliphatic rings. The van der Waals surface area contributed by atoms with Gasteiger partial charge in [-0.15, -0.1) is 0 Å². The molecule has 1 fully saturated rings. The van der Waals surface area contributed by atoms with Gasteiger partial charge in [-0.25, -0.2) is 0 Å². The number of carbonyl (C=O) groups excluding carboxylic acids is 1. The van der Waals surface area contributed by atoms with Crippen molar-refractivity contribution in [3.8, 4) is 5.75 Å². The van der Waals surface area contributed by atoms with E-state index in [0.29, 0.717) is 10.8 Å². The first-order chi connectivity index (χ1) is 10.7. The van der Waals surface area contributed by atoms with E-state index in [1.165, 1.54) is 16.8 Å². The molecule has 4 nitrogen and oxygen atoms in total. The maximum atomic E-state index is 13.1. The number of ether oxygens (including phenoxy) is 1. The van der Waals surface area contributed by atoms with Gasteiger partial charge in [-0.3, -0.25) is 9.69 Å². The largest absolute Gasteiger partial charge is 0.484 e. The SMILES string of the molecule is CC1CN(C(=O)COc2ccc(Cl)cc2)CC(C(F)(F)F)N1C. The third kappa shape index (κ3) is 4.51. The van der Waals surface area contributed by atoms with Gasteiger partial charge in [0.15, 0.2) is 6.61 Å². The third-order valence-corrected chi connectivity index (χ3v) is 4.22. The number of likely N-dealkylation sites (N-methyl/N-ethyl adjacent to an activating group) is 1. The highest BCUT2D eigenvalue weighted by molar-refractivity contribution is 6.30. The van der Waals surface area contributed by atoms with Gasteiger partial charge in [-0.05, 0) is 38.2 Å². The van der Waals surface area contributed by atoms with E-state index in [4.69, 9.17) is 16.3 Å². The first-order valence-corrected chi connectivity index (χ1v) is 7.51. The minimum atomic E-state index is -4.38. The van der Waals surface area contributed by atoms with E-state index in [1.54, 1.807) is 31.2 Å². The van der Waals surface area contributed by atoms with E-state index < -0.39 is 18.1 Å². The lowest BCUT2D eigenvalue weighted by Crippen LogP contribution is -2.62. The number of amides is 1. The van der Waals surface area contributed by atoms with Crippen molar-refractivity contribution in [1.82, 2.24) is 9.80 Å². The number of hydrogen-bond donors (Lipinski definition) is 0. The lowest BCUT2D eigenvalue weighted by molar-refractivity contribution is -0.201. The summed E-state index contributed by atoms with van der Waals surface area (Å²) in [6.07, 6.45) is -4.38. The number of benzene rings is 1. The van der Waals surface area contributed by atoms with Gasteiger partial charge in [-0.2, -0.15) is 13.2 Å². The second-order valence-electron chi connectivity index (χ2n) is 5.61. The number of hydrogen-bond acceptors (Lipinski definition) is 3. The molecule has 0 saturated carbocycles. The van der Waals surface area contributed by atoms with Crippen molar-refractivity contribution in [3.05, 3.63) is 29.3 Å². The molecule has 0 aliphatic carbocycles. The highest BCUT2D eigenvalue weighted by atomic mass is 35.5. The standard InChI is InChI=1S/C15H18ClF3N2O2/c1-10-7-21(8-13(20(10)2)15(17,18)19)14(22)9-23-12-5-3-11(16)4-6-12/h3-6,10,13H,7-9H2,1-2H3. The van der Waals surface area contributed by atoms with E-state index in [9.17, 15) is 18.0 Å². The summed E-state index contributed by atoms with van der Waals surface area (Å²) in [7, 11) is 1.43. The number of carbonyl (C=O) groups is 1. The Balaban J connectivity index is 1.97. The third-order valence-electron chi connectivity index (χ3n) is 3.97. The van der Waals surface area contributed by atoms with E-state index >= 15 is 0 Å². The summed E-state index contributed by atoms with van der Waals surface area (Å²) < 4.78 is 44.5. The molecule has 2 atom stereocenters. The number of piperazine rings is 1. The summed E-state index contributed by atoms with van der Waals surface area (Å²) in [6.45, 7) is 1.22. The maximum absolute atomic E-state index is 13.1. The molecule has 8 heteroatoms. The highest BCUT2D eigenvalue weighted by Gasteiger charge is 2.47. The average Bonchev–Trinajstić information content (AvgIpc) is 2.47. The van der Waals surface area contributed by atoms with Crippen LogP contribution in [0.5, 0.6) is 5.75 Å². The van der Waals surface area contributed by atoms with Crippen LogP contribution in [0.3, 0.4) is 0 Å². The molecule has 1 saturated heterocycles. The van der Waals surface area contributed by atoms with Gasteiger partial charge in [0.2, 0.25) is 0 Å². The molecule has 128 valence electrons. The smallest absolute Gasteiger partial charge is 0.405 e. The van der Waals surface area contributed by atoms with Gasteiger partial charge >= 0.3 is 6.18 Å². The number of rotatable bonds is 3. The molecule has 1 amide bonds. The predicted octanol–water partition coefficient (Wildman–Crippen LogP) is 2.81. The monoisotopic (exact) mass is 350 g/mol. The van der Waals surface area contributed by atoms with E-state index in [2.05, 4.69) is 0 Å². The minimum Gasteiger partial charge on any atom is -0.484 e. The van der Waals surface area contributed by atoms with Crippen molar-refractivity contribution in [2.75, 3.05) is 26.7 Å². The highest BCUT2D eigenvalue weighted by Crippen LogP contribution is 2.29. The second kappa shape index (κ2) is 6.97. The summed E-state index contributed by atoms with van der Waals surface area (Å²) >= 11 is 5.74. The molecule has 2 rings (SSSR count). The van der Waals surface area contributed by atoms with Crippen molar-refractivity contribution in [1.29, 1.82) is 0 Å². The summed E-state index contributed by atoms with van der Waals surface area (Å²) in [5, 5.41) is 0.532. The fourth-order valence-electron chi connectivity index (χ4n) is 2.47. The molecule has 0 aromatic heterocycles. The lowest BCUT2D eigenvalue weighted by atomic mass is 10.1. The van der Waals surface area contributed by atoms with Crippen LogP contribution in [0.25, 0.3) is 0 Å².